The molecule has 0 unspecified atom stereocenters. The molecule has 4 atom stereocenters. The van der Waals surface area contributed by atoms with Crippen molar-refractivity contribution >= 4 is 23.6 Å². The number of hydrogen-bond donors (Lipinski definition) is 0. The Labute approximate surface area is 184 Å². The third-order valence-corrected chi connectivity index (χ3v) is 6.79. The number of nitrogens with zero attached hydrogens (tertiary/aromatic N) is 2. The van der Waals surface area contributed by atoms with Gasteiger partial charge in [0.05, 0.1) is 30.9 Å². The lowest BCUT2D eigenvalue weighted by molar-refractivity contribution is -0.154. The van der Waals surface area contributed by atoms with Crippen molar-refractivity contribution in [3.8, 4) is 5.75 Å². The number of hydrogen-bond acceptors (Lipinski definition) is 5. The average Bonchev–Trinajstić information content (AvgIpc) is 3.14. The summed E-state index contributed by atoms with van der Waals surface area (Å²) in [7, 11) is 0. The molecular weight excluding hydrogens is 415 g/mol. The van der Waals surface area contributed by atoms with Gasteiger partial charge >= 0.3 is 12.0 Å². The molecule has 2 fully saturated rings. The number of ether oxygens (including phenoxy) is 2. The zero-order valence-electron chi connectivity index (χ0n) is 18.0. The lowest BCUT2D eigenvalue weighted by Crippen LogP contribution is -2.51. The number of anilines is 1. The molecule has 166 valence electrons. The largest absolute Gasteiger partial charge is 0.493 e. The minimum atomic E-state index is -1.46. The van der Waals surface area contributed by atoms with Crippen molar-refractivity contribution in [2.45, 2.75) is 32.4 Å². The normalized spacial score (nSPS) is 28.2. The van der Waals surface area contributed by atoms with Gasteiger partial charge in [0.1, 0.15) is 17.1 Å². The summed E-state index contributed by atoms with van der Waals surface area (Å²) in [6.45, 7) is 5.60. The van der Waals surface area contributed by atoms with Crippen molar-refractivity contribution in [2.75, 3.05) is 18.1 Å². The minimum absolute atomic E-state index is 0.156. The number of imide groups is 1. The van der Waals surface area contributed by atoms with Gasteiger partial charge in [-0.15, -0.1) is 0 Å². The smallest absolute Gasteiger partial charge is 0.332 e. The van der Waals surface area contributed by atoms with Crippen molar-refractivity contribution in [3.05, 3.63) is 59.4 Å². The Morgan fingerprint density at radius 1 is 1.22 bits per heavy atom. The molecule has 3 heterocycles. The highest BCUT2D eigenvalue weighted by Crippen LogP contribution is 2.58. The Hall–Kier alpha value is -3.42. The average molecular weight is 438 g/mol. The number of carbonyl (C=O) groups is 3. The standard InChI is InChI=1S/C24H23FN2O5/c1-4-31-21(28)19-17-12-32-18-10-5-13(2)11-16(18)20(17)27-23(30)26(22(29)24(19,27)3)15-8-6-14(25)7-9-15/h5-11,17,19-20H,4,12H2,1-3H3/t17-,19+,20-,24-/m1/s1. The van der Waals surface area contributed by atoms with Crippen LogP contribution in [0.5, 0.6) is 5.75 Å². The highest BCUT2D eigenvalue weighted by Gasteiger charge is 2.72. The number of amides is 3. The van der Waals surface area contributed by atoms with Crippen LogP contribution in [0.4, 0.5) is 14.9 Å². The maximum atomic E-state index is 13.8. The van der Waals surface area contributed by atoms with Gasteiger partial charge in [-0.3, -0.25) is 9.59 Å². The number of carbonyl (C=O) groups excluding carboxylic acids is 3. The SMILES string of the molecule is CCOC(=O)[C@@H]1[C@H]2COc3ccc(C)cc3[C@H]2N2C(=O)N(c3ccc(F)cc3)C(=O)[C@@]12C. The Morgan fingerprint density at radius 2 is 1.94 bits per heavy atom. The summed E-state index contributed by atoms with van der Waals surface area (Å²) in [5.41, 5.74) is 0.540. The van der Waals surface area contributed by atoms with Crippen molar-refractivity contribution < 1.29 is 28.2 Å². The Balaban J connectivity index is 1.69. The third kappa shape index (κ3) is 2.61. The van der Waals surface area contributed by atoms with Crippen LogP contribution in [0.2, 0.25) is 0 Å². The van der Waals surface area contributed by atoms with Crippen LogP contribution >= 0.6 is 0 Å². The maximum absolute atomic E-state index is 13.8. The zero-order valence-corrected chi connectivity index (χ0v) is 18.0. The van der Waals surface area contributed by atoms with E-state index in [0.29, 0.717) is 5.75 Å². The van der Waals surface area contributed by atoms with E-state index in [1.807, 2.05) is 25.1 Å². The van der Waals surface area contributed by atoms with Crippen LogP contribution in [0.25, 0.3) is 0 Å². The molecule has 3 aliphatic rings. The molecule has 0 bridgehead atoms. The van der Waals surface area contributed by atoms with Gasteiger partial charge in [-0.05, 0) is 51.1 Å². The fraction of sp³-hybridized carbons (Fsp3) is 0.375. The van der Waals surface area contributed by atoms with E-state index in [4.69, 9.17) is 9.47 Å². The highest BCUT2D eigenvalue weighted by molar-refractivity contribution is 6.24. The van der Waals surface area contributed by atoms with Crippen molar-refractivity contribution in [2.24, 2.45) is 11.8 Å². The molecule has 0 aromatic heterocycles. The van der Waals surface area contributed by atoms with Crippen LogP contribution in [0.1, 0.15) is 31.0 Å². The molecule has 2 saturated heterocycles. The molecule has 2 aromatic rings. The fourth-order valence-electron chi connectivity index (χ4n) is 5.43. The first-order valence-electron chi connectivity index (χ1n) is 10.6. The molecule has 0 N–H and O–H groups in total. The molecule has 7 nitrogen and oxygen atoms in total. The number of halogens is 1. The van der Waals surface area contributed by atoms with E-state index in [0.717, 1.165) is 16.0 Å². The zero-order chi connectivity index (χ0) is 22.8. The van der Waals surface area contributed by atoms with Crippen LogP contribution in [0, 0.1) is 24.6 Å². The Bertz CT molecular complexity index is 1130. The van der Waals surface area contributed by atoms with Crippen LogP contribution < -0.4 is 9.64 Å². The number of rotatable bonds is 3. The van der Waals surface area contributed by atoms with Crippen LogP contribution in [0.3, 0.4) is 0 Å². The third-order valence-electron chi connectivity index (χ3n) is 6.79. The summed E-state index contributed by atoms with van der Waals surface area (Å²) in [5, 5.41) is 0. The molecule has 0 aliphatic carbocycles. The summed E-state index contributed by atoms with van der Waals surface area (Å²) < 4.78 is 24.8. The van der Waals surface area contributed by atoms with Gasteiger partial charge in [-0.25, -0.2) is 14.1 Å². The highest BCUT2D eigenvalue weighted by atomic mass is 19.1. The van der Waals surface area contributed by atoms with Gasteiger partial charge in [0.25, 0.3) is 5.91 Å². The van der Waals surface area contributed by atoms with Crippen molar-refractivity contribution in [1.29, 1.82) is 0 Å². The van der Waals surface area contributed by atoms with Gasteiger partial charge in [0, 0.05) is 11.5 Å². The summed E-state index contributed by atoms with van der Waals surface area (Å²) in [6.07, 6.45) is 0. The fourth-order valence-corrected chi connectivity index (χ4v) is 5.43. The van der Waals surface area contributed by atoms with E-state index in [1.54, 1.807) is 13.8 Å². The van der Waals surface area contributed by atoms with Crippen molar-refractivity contribution in [1.82, 2.24) is 4.90 Å². The van der Waals surface area contributed by atoms with E-state index >= 15 is 0 Å². The van der Waals surface area contributed by atoms with Crippen molar-refractivity contribution in [3.63, 3.8) is 0 Å². The molecule has 8 heteroatoms. The topological polar surface area (TPSA) is 76.2 Å². The summed E-state index contributed by atoms with van der Waals surface area (Å²) >= 11 is 0. The summed E-state index contributed by atoms with van der Waals surface area (Å²) in [4.78, 5) is 43.1. The maximum Gasteiger partial charge on any atom is 0.332 e. The molecule has 0 radical (unpaired) electrons. The first kappa shape index (κ1) is 20.5. The Kier molecular flexibility index (Phi) is 4.51. The predicted molar refractivity (Wildman–Crippen MR) is 113 cm³/mol. The molecule has 32 heavy (non-hydrogen) atoms. The van der Waals surface area contributed by atoms with E-state index in [9.17, 15) is 18.8 Å². The summed E-state index contributed by atoms with van der Waals surface area (Å²) in [6, 6.07) is 9.78. The molecule has 0 spiro atoms. The van der Waals surface area contributed by atoms with Gasteiger partial charge in [-0.1, -0.05) is 17.7 Å². The molecule has 2 aromatic carbocycles. The minimum Gasteiger partial charge on any atom is -0.493 e. The van der Waals surface area contributed by atoms with Gasteiger partial charge in [0.15, 0.2) is 0 Å². The van der Waals surface area contributed by atoms with Crippen LogP contribution in [-0.2, 0) is 14.3 Å². The second-order valence-corrected chi connectivity index (χ2v) is 8.61. The van der Waals surface area contributed by atoms with Gasteiger partial charge < -0.3 is 14.4 Å². The molecular formula is C24H23FN2O5. The van der Waals surface area contributed by atoms with Gasteiger partial charge in [-0.2, -0.15) is 0 Å². The number of aryl methyl sites for hydroxylation is 1. The van der Waals surface area contributed by atoms with E-state index in [-0.39, 0.29) is 18.9 Å². The Morgan fingerprint density at radius 3 is 2.62 bits per heavy atom. The summed E-state index contributed by atoms with van der Waals surface area (Å²) in [5.74, 6) is -2.24. The first-order valence-corrected chi connectivity index (χ1v) is 10.6. The first-order chi connectivity index (χ1) is 15.3. The molecule has 3 amide bonds. The van der Waals surface area contributed by atoms with E-state index in [1.165, 1.54) is 29.2 Å². The van der Waals surface area contributed by atoms with Gasteiger partial charge in [0.2, 0.25) is 0 Å². The van der Waals surface area contributed by atoms with E-state index < -0.39 is 47.1 Å². The predicted octanol–water partition coefficient (Wildman–Crippen LogP) is 3.60. The monoisotopic (exact) mass is 438 g/mol. The molecule has 3 aliphatic heterocycles. The molecule has 5 rings (SSSR count). The lowest BCUT2D eigenvalue weighted by Gasteiger charge is -2.34. The quantitative estimate of drug-likeness (QED) is 0.541. The number of fused-ring (bicyclic) bond motifs is 5. The lowest BCUT2D eigenvalue weighted by atomic mass is 9.77. The molecule has 0 saturated carbocycles. The number of esters is 1. The number of benzene rings is 2. The van der Waals surface area contributed by atoms with Crippen LogP contribution in [-0.4, -0.2) is 41.6 Å². The number of urea groups is 1. The second-order valence-electron chi connectivity index (χ2n) is 8.61. The second kappa shape index (κ2) is 7.05. The van der Waals surface area contributed by atoms with E-state index in [2.05, 4.69) is 0 Å². The van der Waals surface area contributed by atoms with Crippen LogP contribution in [0.15, 0.2) is 42.5 Å².